The standard InChI is InChI=1S/C18H20ClFN4O2/c1-11-8-22(9-11)17(25)15-3-2-4-16-21-23(18(26)24(15)16)10-12-5-6-13(19)14(20)7-12/h5-7,11,15H,2-4,8-10H2,1H3. The van der Waals surface area contributed by atoms with Crippen LogP contribution in [0.4, 0.5) is 4.39 Å². The van der Waals surface area contributed by atoms with Crippen molar-refractivity contribution >= 4 is 17.5 Å². The second kappa shape index (κ2) is 6.54. The predicted octanol–water partition coefficient (Wildman–Crippen LogP) is 2.24. The van der Waals surface area contributed by atoms with Gasteiger partial charge in [-0.25, -0.2) is 13.9 Å². The fourth-order valence-corrected chi connectivity index (χ4v) is 3.89. The highest BCUT2D eigenvalue weighted by atomic mass is 35.5. The molecule has 0 bridgehead atoms. The van der Waals surface area contributed by atoms with Crippen molar-refractivity contribution in [2.45, 2.75) is 38.8 Å². The molecule has 2 aliphatic heterocycles. The normalized spacial score (nSPS) is 20.0. The molecule has 0 N–H and O–H groups in total. The largest absolute Gasteiger partial charge is 0.346 e. The molecule has 138 valence electrons. The molecule has 2 aliphatic rings. The molecule has 1 amide bonds. The smallest absolute Gasteiger partial charge is 0.340 e. The molecule has 2 aromatic rings. The number of nitrogens with zero attached hydrogens (tertiary/aromatic N) is 4. The van der Waals surface area contributed by atoms with Crippen molar-refractivity contribution in [2.75, 3.05) is 13.1 Å². The van der Waals surface area contributed by atoms with Crippen LogP contribution in [0.5, 0.6) is 0 Å². The van der Waals surface area contributed by atoms with Gasteiger partial charge in [0.2, 0.25) is 5.91 Å². The highest BCUT2D eigenvalue weighted by Crippen LogP contribution is 2.27. The van der Waals surface area contributed by atoms with Crippen molar-refractivity contribution in [1.82, 2.24) is 19.2 Å². The first-order valence-electron chi connectivity index (χ1n) is 8.85. The Morgan fingerprint density at radius 3 is 2.85 bits per heavy atom. The Labute approximate surface area is 155 Å². The first kappa shape index (κ1) is 17.3. The predicted molar refractivity (Wildman–Crippen MR) is 94.7 cm³/mol. The number of carbonyl (C=O) groups excluding carboxylic acids is 1. The van der Waals surface area contributed by atoms with E-state index in [9.17, 15) is 14.0 Å². The Bertz CT molecular complexity index is 916. The Morgan fingerprint density at radius 2 is 2.15 bits per heavy atom. The summed E-state index contributed by atoms with van der Waals surface area (Å²) in [7, 11) is 0. The molecule has 4 rings (SSSR count). The van der Waals surface area contributed by atoms with Crippen molar-refractivity contribution in [2.24, 2.45) is 5.92 Å². The van der Waals surface area contributed by atoms with Gasteiger partial charge in [0.1, 0.15) is 17.7 Å². The number of amides is 1. The van der Waals surface area contributed by atoms with E-state index >= 15 is 0 Å². The molecule has 0 spiro atoms. The first-order chi connectivity index (χ1) is 12.4. The van der Waals surface area contributed by atoms with Crippen LogP contribution in [-0.4, -0.2) is 38.2 Å². The number of carbonyl (C=O) groups is 1. The van der Waals surface area contributed by atoms with Crippen LogP contribution >= 0.6 is 11.6 Å². The number of aryl methyl sites for hydroxylation is 1. The molecule has 0 aliphatic carbocycles. The average molecular weight is 379 g/mol. The Hall–Kier alpha value is -2.15. The van der Waals surface area contributed by atoms with E-state index in [-0.39, 0.29) is 23.2 Å². The zero-order chi connectivity index (χ0) is 18.4. The zero-order valence-electron chi connectivity index (χ0n) is 14.5. The molecule has 8 heteroatoms. The van der Waals surface area contributed by atoms with Crippen LogP contribution in [0, 0.1) is 11.7 Å². The van der Waals surface area contributed by atoms with E-state index in [4.69, 9.17) is 11.6 Å². The lowest BCUT2D eigenvalue weighted by Crippen LogP contribution is -2.52. The van der Waals surface area contributed by atoms with Crippen LogP contribution in [0.2, 0.25) is 5.02 Å². The topological polar surface area (TPSA) is 60.1 Å². The molecule has 1 aromatic heterocycles. The molecule has 6 nitrogen and oxygen atoms in total. The number of halogens is 2. The summed E-state index contributed by atoms with van der Waals surface area (Å²) in [5, 5.41) is 4.43. The van der Waals surface area contributed by atoms with Crippen molar-refractivity contribution in [3.63, 3.8) is 0 Å². The number of fused-ring (bicyclic) bond motifs is 1. The van der Waals surface area contributed by atoms with E-state index in [0.717, 1.165) is 19.5 Å². The van der Waals surface area contributed by atoms with Gasteiger partial charge in [-0.1, -0.05) is 24.6 Å². The van der Waals surface area contributed by atoms with Crippen LogP contribution in [0.1, 0.15) is 37.2 Å². The van der Waals surface area contributed by atoms with E-state index in [0.29, 0.717) is 30.1 Å². The average Bonchev–Trinajstić information content (AvgIpc) is 2.91. The summed E-state index contributed by atoms with van der Waals surface area (Å²) in [5.74, 6) is 0.619. The lowest BCUT2D eigenvalue weighted by atomic mass is 9.98. The molecule has 1 aromatic carbocycles. The number of hydrogen-bond acceptors (Lipinski definition) is 3. The monoisotopic (exact) mass is 378 g/mol. The van der Waals surface area contributed by atoms with E-state index in [1.807, 2.05) is 4.90 Å². The second-order valence-electron chi connectivity index (χ2n) is 7.23. The van der Waals surface area contributed by atoms with Gasteiger partial charge >= 0.3 is 5.69 Å². The van der Waals surface area contributed by atoms with Crippen LogP contribution in [-0.2, 0) is 17.8 Å². The van der Waals surface area contributed by atoms with Crippen LogP contribution in [0.15, 0.2) is 23.0 Å². The third-order valence-electron chi connectivity index (χ3n) is 5.11. The number of hydrogen-bond donors (Lipinski definition) is 0. The maximum absolute atomic E-state index is 13.6. The fourth-order valence-electron chi connectivity index (χ4n) is 3.77. The third kappa shape index (κ3) is 2.94. The molecule has 1 saturated heterocycles. The molecular formula is C18H20ClFN4O2. The zero-order valence-corrected chi connectivity index (χ0v) is 15.2. The highest BCUT2D eigenvalue weighted by molar-refractivity contribution is 6.30. The minimum absolute atomic E-state index is 0.00300. The van der Waals surface area contributed by atoms with Gasteiger partial charge in [0.25, 0.3) is 0 Å². The Morgan fingerprint density at radius 1 is 1.38 bits per heavy atom. The number of rotatable bonds is 3. The maximum atomic E-state index is 13.6. The van der Waals surface area contributed by atoms with Gasteiger partial charge in [0.05, 0.1) is 11.6 Å². The summed E-state index contributed by atoms with van der Waals surface area (Å²) in [6, 6.07) is 3.96. The first-order valence-corrected chi connectivity index (χ1v) is 9.23. The SMILES string of the molecule is CC1CN(C(=O)C2CCCc3nn(Cc4ccc(Cl)c(F)c4)c(=O)n32)C1. The lowest BCUT2D eigenvalue weighted by Gasteiger charge is -2.40. The van der Waals surface area contributed by atoms with Gasteiger partial charge in [-0.05, 0) is 36.5 Å². The molecule has 1 unspecified atom stereocenters. The van der Waals surface area contributed by atoms with Gasteiger partial charge in [-0.2, -0.15) is 5.10 Å². The molecule has 0 saturated carbocycles. The molecule has 0 radical (unpaired) electrons. The Balaban J connectivity index is 1.62. The van der Waals surface area contributed by atoms with Gasteiger partial charge < -0.3 is 4.90 Å². The number of aromatic nitrogens is 3. The third-order valence-corrected chi connectivity index (χ3v) is 5.41. The second-order valence-corrected chi connectivity index (χ2v) is 7.64. The molecule has 26 heavy (non-hydrogen) atoms. The van der Waals surface area contributed by atoms with Crippen molar-refractivity contribution in [1.29, 1.82) is 0 Å². The van der Waals surface area contributed by atoms with Gasteiger partial charge in [0, 0.05) is 19.5 Å². The summed E-state index contributed by atoms with van der Waals surface area (Å²) in [5.41, 5.74) is 0.283. The number of likely N-dealkylation sites (tertiary alicyclic amines) is 1. The summed E-state index contributed by atoms with van der Waals surface area (Å²) in [4.78, 5) is 27.4. The Kier molecular flexibility index (Phi) is 4.34. The van der Waals surface area contributed by atoms with E-state index in [1.165, 1.54) is 21.4 Å². The molecule has 3 heterocycles. The minimum Gasteiger partial charge on any atom is -0.340 e. The molecular weight excluding hydrogens is 359 g/mol. The van der Waals surface area contributed by atoms with Crippen molar-refractivity contribution in [3.05, 3.63) is 50.9 Å². The van der Waals surface area contributed by atoms with E-state index in [1.54, 1.807) is 6.07 Å². The number of benzene rings is 1. The summed E-state index contributed by atoms with van der Waals surface area (Å²) < 4.78 is 16.5. The van der Waals surface area contributed by atoms with E-state index < -0.39 is 11.9 Å². The highest BCUT2D eigenvalue weighted by Gasteiger charge is 2.37. The van der Waals surface area contributed by atoms with Crippen LogP contribution in [0.25, 0.3) is 0 Å². The quantitative estimate of drug-likeness (QED) is 0.823. The van der Waals surface area contributed by atoms with Crippen LogP contribution < -0.4 is 5.69 Å². The van der Waals surface area contributed by atoms with Gasteiger partial charge in [-0.3, -0.25) is 9.36 Å². The minimum atomic E-state index is -0.527. The van der Waals surface area contributed by atoms with Gasteiger partial charge in [-0.15, -0.1) is 0 Å². The van der Waals surface area contributed by atoms with Crippen molar-refractivity contribution in [3.8, 4) is 0 Å². The molecule has 1 fully saturated rings. The summed E-state index contributed by atoms with van der Waals surface area (Å²) in [6.45, 7) is 3.75. The molecule has 1 atom stereocenters. The van der Waals surface area contributed by atoms with Gasteiger partial charge in [0.15, 0.2) is 0 Å². The summed E-state index contributed by atoms with van der Waals surface area (Å²) >= 11 is 5.71. The van der Waals surface area contributed by atoms with Crippen molar-refractivity contribution < 1.29 is 9.18 Å². The summed E-state index contributed by atoms with van der Waals surface area (Å²) in [6.07, 6.45) is 2.14. The lowest BCUT2D eigenvalue weighted by molar-refractivity contribution is -0.141. The maximum Gasteiger partial charge on any atom is 0.346 e. The van der Waals surface area contributed by atoms with E-state index in [2.05, 4.69) is 12.0 Å². The van der Waals surface area contributed by atoms with Crippen LogP contribution in [0.3, 0.4) is 0 Å². The fraction of sp³-hybridized carbons (Fsp3) is 0.500.